The van der Waals surface area contributed by atoms with Crippen LogP contribution in [-0.2, 0) is 0 Å². The summed E-state index contributed by atoms with van der Waals surface area (Å²) in [6, 6.07) is 20.5. The fourth-order valence-corrected chi connectivity index (χ4v) is 3.83. The number of aromatic nitrogens is 2. The van der Waals surface area contributed by atoms with Crippen LogP contribution in [0.4, 0.5) is 0 Å². The predicted octanol–water partition coefficient (Wildman–Crippen LogP) is 5.89. The lowest BCUT2D eigenvalue weighted by atomic mass is 10.1. The molecule has 6 nitrogen and oxygen atoms in total. The van der Waals surface area contributed by atoms with Gasteiger partial charge in [-0.2, -0.15) is 9.78 Å². The molecule has 3 aromatic carbocycles. The normalized spacial score (nSPS) is 11.8. The van der Waals surface area contributed by atoms with Crippen LogP contribution in [0.15, 0.2) is 81.1 Å². The predicted molar refractivity (Wildman–Crippen MR) is 136 cm³/mol. The van der Waals surface area contributed by atoms with Gasteiger partial charge in [-0.05, 0) is 45.0 Å². The molecule has 0 aliphatic carbocycles. The van der Waals surface area contributed by atoms with Gasteiger partial charge in [-0.15, -0.1) is 0 Å². The molecule has 1 aromatic heterocycles. The molecule has 4 aromatic rings. The molecule has 0 aliphatic rings. The number of nitrogens with zero attached hydrogens (tertiary/aromatic N) is 3. The standard InChI is InChI=1S/C26H24BrN3O3/c1-26(2,3)33-23-18(14-19(27)15-22(23)32-4)16-28-30-24(17-10-6-5-7-11-17)29-21-13-9-8-12-20(21)25(30)31/h5-16H,1-4H3. The van der Waals surface area contributed by atoms with Crippen molar-refractivity contribution in [2.24, 2.45) is 5.10 Å². The van der Waals surface area contributed by atoms with Crippen LogP contribution in [0.3, 0.4) is 0 Å². The van der Waals surface area contributed by atoms with Crippen LogP contribution in [0.2, 0.25) is 0 Å². The number of methoxy groups -OCH3 is 1. The minimum atomic E-state index is -0.458. The third-order valence-electron chi connectivity index (χ3n) is 4.77. The highest BCUT2D eigenvalue weighted by atomic mass is 79.9. The van der Waals surface area contributed by atoms with E-state index in [2.05, 4.69) is 21.0 Å². The van der Waals surface area contributed by atoms with Crippen molar-refractivity contribution in [3.05, 3.63) is 87.1 Å². The maximum absolute atomic E-state index is 13.4. The van der Waals surface area contributed by atoms with Gasteiger partial charge in [0.1, 0.15) is 5.60 Å². The van der Waals surface area contributed by atoms with E-state index in [1.54, 1.807) is 19.4 Å². The van der Waals surface area contributed by atoms with Crippen molar-refractivity contribution in [3.8, 4) is 22.9 Å². The number of hydrogen-bond donors (Lipinski definition) is 0. The average molecular weight is 506 g/mol. The Bertz CT molecular complexity index is 1390. The van der Waals surface area contributed by atoms with Gasteiger partial charge in [0.15, 0.2) is 17.3 Å². The first kappa shape index (κ1) is 22.7. The Hall–Kier alpha value is -3.45. The molecule has 0 fully saturated rings. The van der Waals surface area contributed by atoms with Crippen molar-refractivity contribution in [3.63, 3.8) is 0 Å². The molecule has 4 rings (SSSR count). The smallest absolute Gasteiger partial charge is 0.282 e. The molecule has 0 unspecified atom stereocenters. The molecule has 0 amide bonds. The lowest BCUT2D eigenvalue weighted by molar-refractivity contribution is 0.125. The molecule has 0 N–H and O–H groups in total. The molecule has 0 radical (unpaired) electrons. The van der Waals surface area contributed by atoms with E-state index >= 15 is 0 Å². The van der Waals surface area contributed by atoms with E-state index in [0.29, 0.717) is 33.8 Å². The van der Waals surface area contributed by atoms with Crippen molar-refractivity contribution in [1.82, 2.24) is 9.66 Å². The molecular weight excluding hydrogens is 482 g/mol. The SMILES string of the molecule is COc1cc(Br)cc(C=Nn2c(-c3ccccc3)nc3ccccc3c2=O)c1OC(C)(C)C. The first-order valence-corrected chi connectivity index (χ1v) is 11.2. The van der Waals surface area contributed by atoms with Gasteiger partial charge in [-0.25, -0.2) is 4.98 Å². The first-order chi connectivity index (χ1) is 15.8. The molecular formula is C26H24BrN3O3. The topological polar surface area (TPSA) is 65.7 Å². The zero-order chi connectivity index (χ0) is 23.6. The number of ether oxygens (including phenoxy) is 2. The Balaban J connectivity index is 1.93. The van der Waals surface area contributed by atoms with Gasteiger partial charge in [0.05, 0.1) is 24.2 Å². The number of benzene rings is 3. The molecule has 0 bridgehead atoms. The molecule has 0 spiro atoms. The van der Waals surface area contributed by atoms with Crippen LogP contribution < -0.4 is 15.0 Å². The van der Waals surface area contributed by atoms with E-state index in [9.17, 15) is 4.79 Å². The Morgan fingerprint density at radius 2 is 1.73 bits per heavy atom. The zero-order valence-electron chi connectivity index (χ0n) is 18.9. The molecule has 0 aliphatic heterocycles. The van der Waals surface area contributed by atoms with Gasteiger partial charge < -0.3 is 9.47 Å². The monoisotopic (exact) mass is 505 g/mol. The van der Waals surface area contributed by atoms with Crippen LogP contribution in [0.25, 0.3) is 22.3 Å². The minimum Gasteiger partial charge on any atom is -0.493 e. The highest BCUT2D eigenvalue weighted by Crippen LogP contribution is 2.36. The van der Waals surface area contributed by atoms with Gasteiger partial charge in [-0.3, -0.25) is 4.79 Å². The van der Waals surface area contributed by atoms with Crippen molar-refractivity contribution < 1.29 is 9.47 Å². The molecule has 33 heavy (non-hydrogen) atoms. The maximum Gasteiger partial charge on any atom is 0.282 e. The summed E-state index contributed by atoms with van der Waals surface area (Å²) in [6.07, 6.45) is 1.60. The van der Waals surface area contributed by atoms with Gasteiger partial charge in [0, 0.05) is 15.6 Å². The third kappa shape index (κ3) is 4.98. The van der Waals surface area contributed by atoms with Crippen molar-refractivity contribution in [2.45, 2.75) is 26.4 Å². The summed E-state index contributed by atoms with van der Waals surface area (Å²) in [4.78, 5) is 18.1. The van der Waals surface area contributed by atoms with Crippen LogP contribution >= 0.6 is 15.9 Å². The van der Waals surface area contributed by atoms with Gasteiger partial charge in [0.2, 0.25) is 0 Å². The van der Waals surface area contributed by atoms with Crippen molar-refractivity contribution in [2.75, 3.05) is 7.11 Å². The van der Waals surface area contributed by atoms with E-state index in [-0.39, 0.29) is 5.56 Å². The zero-order valence-corrected chi connectivity index (χ0v) is 20.5. The fraction of sp³-hybridized carbons (Fsp3) is 0.192. The van der Waals surface area contributed by atoms with Crippen LogP contribution in [-0.4, -0.2) is 28.6 Å². The molecule has 1 heterocycles. The van der Waals surface area contributed by atoms with Crippen LogP contribution in [0.5, 0.6) is 11.5 Å². The summed E-state index contributed by atoms with van der Waals surface area (Å²) in [5.74, 6) is 1.56. The summed E-state index contributed by atoms with van der Waals surface area (Å²) in [5.41, 5.74) is 1.36. The van der Waals surface area contributed by atoms with Gasteiger partial charge >= 0.3 is 0 Å². The van der Waals surface area contributed by atoms with E-state index in [1.807, 2.05) is 81.4 Å². The Kier molecular flexibility index (Phi) is 6.33. The quantitative estimate of drug-likeness (QED) is 0.317. The molecule has 168 valence electrons. The van der Waals surface area contributed by atoms with E-state index in [0.717, 1.165) is 10.0 Å². The Morgan fingerprint density at radius 1 is 1.03 bits per heavy atom. The first-order valence-electron chi connectivity index (χ1n) is 10.4. The van der Waals surface area contributed by atoms with Crippen LogP contribution in [0.1, 0.15) is 26.3 Å². The number of halogens is 1. The largest absolute Gasteiger partial charge is 0.493 e. The second kappa shape index (κ2) is 9.19. The number of rotatable bonds is 5. The lowest BCUT2D eigenvalue weighted by Crippen LogP contribution is -2.24. The lowest BCUT2D eigenvalue weighted by Gasteiger charge is -2.24. The minimum absolute atomic E-state index is 0.254. The van der Waals surface area contributed by atoms with Crippen molar-refractivity contribution >= 4 is 33.0 Å². The highest BCUT2D eigenvalue weighted by molar-refractivity contribution is 9.10. The molecule has 7 heteroatoms. The molecule has 0 saturated carbocycles. The van der Waals surface area contributed by atoms with Crippen LogP contribution in [0, 0.1) is 0 Å². The number of para-hydroxylation sites is 1. The highest BCUT2D eigenvalue weighted by Gasteiger charge is 2.20. The molecule has 0 atom stereocenters. The summed E-state index contributed by atoms with van der Waals surface area (Å²) in [5, 5.41) is 5.06. The van der Waals surface area contributed by atoms with E-state index in [4.69, 9.17) is 14.5 Å². The van der Waals surface area contributed by atoms with Gasteiger partial charge in [0.25, 0.3) is 5.56 Å². The Morgan fingerprint density at radius 3 is 2.42 bits per heavy atom. The summed E-state index contributed by atoms with van der Waals surface area (Å²) in [6.45, 7) is 5.88. The number of fused-ring (bicyclic) bond motifs is 1. The average Bonchev–Trinajstić information content (AvgIpc) is 2.79. The fourth-order valence-electron chi connectivity index (χ4n) is 3.38. The number of hydrogen-bond acceptors (Lipinski definition) is 5. The van der Waals surface area contributed by atoms with E-state index < -0.39 is 5.60 Å². The summed E-state index contributed by atoms with van der Waals surface area (Å²) >= 11 is 3.51. The third-order valence-corrected chi connectivity index (χ3v) is 5.23. The summed E-state index contributed by atoms with van der Waals surface area (Å²) < 4.78 is 13.8. The molecule has 0 saturated heterocycles. The van der Waals surface area contributed by atoms with E-state index in [1.165, 1.54) is 4.68 Å². The second-order valence-electron chi connectivity index (χ2n) is 8.42. The summed E-state index contributed by atoms with van der Waals surface area (Å²) in [7, 11) is 1.59. The maximum atomic E-state index is 13.4. The second-order valence-corrected chi connectivity index (χ2v) is 9.34. The Labute approximate surface area is 200 Å². The van der Waals surface area contributed by atoms with Crippen molar-refractivity contribution in [1.29, 1.82) is 0 Å². The van der Waals surface area contributed by atoms with Gasteiger partial charge in [-0.1, -0.05) is 58.4 Å².